The smallest absolute Gasteiger partial charge is 0.0900 e. The van der Waals surface area contributed by atoms with Gasteiger partial charge in [-0.2, -0.15) is 0 Å². The summed E-state index contributed by atoms with van der Waals surface area (Å²) in [6.07, 6.45) is 6.79. The number of benzene rings is 1. The SMILES string of the molecule is OC(COC1CCOCC1)CN1CCC(CCc2ccccc2)CC1. The van der Waals surface area contributed by atoms with Crippen LogP contribution in [0.15, 0.2) is 30.3 Å². The Morgan fingerprint density at radius 3 is 2.52 bits per heavy atom. The Balaban J connectivity index is 1.28. The predicted octanol–water partition coefficient (Wildman–Crippen LogP) is 2.89. The van der Waals surface area contributed by atoms with Gasteiger partial charge < -0.3 is 19.5 Å². The number of β-amino-alcohol motifs (C(OH)–C–C–N with tert-alkyl or cyclic N) is 1. The largest absolute Gasteiger partial charge is 0.389 e. The Bertz CT molecular complexity index is 467. The number of piperidine rings is 1. The molecule has 4 heteroatoms. The number of nitrogens with zero attached hydrogens (tertiary/aromatic N) is 1. The van der Waals surface area contributed by atoms with E-state index in [2.05, 4.69) is 35.2 Å². The molecule has 1 atom stereocenters. The minimum absolute atomic E-state index is 0.270. The van der Waals surface area contributed by atoms with Crippen molar-refractivity contribution >= 4 is 0 Å². The molecule has 0 amide bonds. The van der Waals surface area contributed by atoms with Gasteiger partial charge in [0.25, 0.3) is 0 Å². The standard InChI is InChI=1S/C21H33NO3/c23-20(17-25-21-10-14-24-15-11-21)16-22-12-8-19(9-13-22)7-6-18-4-2-1-3-5-18/h1-5,19-21,23H,6-17H2. The lowest BCUT2D eigenvalue weighted by molar-refractivity contribution is -0.0653. The minimum Gasteiger partial charge on any atom is -0.389 e. The molecule has 0 aromatic heterocycles. The summed E-state index contributed by atoms with van der Waals surface area (Å²) in [4.78, 5) is 2.40. The van der Waals surface area contributed by atoms with Gasteiger partial charge in [0.05, 0.1) is 18.8 Å². The molecule has 140 valence electrons. The number of hydrogen-bond donors (Lipinski definition) is 1. The van der Waals surface area contributed by atoms with Crippen LogP contribution in [0.4, 0.5) is 0 Å². The molecule has 1 aromatic rings. The van der Waals surface area contributed by atoms with E-state index in [4.69, 9.17) is 9.47 Å². The average molecular weight is 347 g/mol. The van der Waals surface area contributed by atoms with Crippen LogP contribution in [-0.4, -0.2) is 61.7 Å². The summed E-state index contributed by atoms with van der Waals surface area (Å²) >= 11 is 0. The van der Waals surface area contributed by atoms with Crippen molar-refractivity contribution in [1.82, 2.24) is 4.90 Å². The highest BCUT2D eigenvalue weighted by molar-refractivity contribution is 5.14. The molecule has 0 radical (unpaired) electrons. The molecule has 4 nitrogen and oxygen atoms in total. The van der Waals surface area contributed by atoms with Gasteiger partial charge in [0.1, 0.15) is 0 Å². The third-order valence-electron chi connectivity index (χ3n) is 5.55. The van der Waals surface area contributed by atoms with Crippen molar-refractivity contribution < 1.29 is 14.6 Å². The van der Waals surface area contributed by atoms with Crippen molar-refractivity contribution in [1.29, 1.82) is 0 Å². The van der Waals surface area contributed by atoms with Gasteiger partial charge in [0, 0.05) is 19.8 Å². The normalized spacial score (nSPS) is 22.1. The zero-order valence-electron chi connectivity index (χ0n) is 15.3. The van der Waals surface area contributed by atoms with E-state index in [0.29, 0.717) is 6.61 Å². The summed E-state index contributed by atoms with van der Waals surface area (Å²) in [5.74, 6) is 0.826. The topological polar surface area (TPSA) is 41.9 Å². The summed E-state index contributed by atoms with van der Waals surface area (Å²) in [5, 5.41) is 10.3. The van der Waals surface area contributed by atoms with Crippen LogP contribution >= 0.6 is 0 Å². The lowest BCUT2D eigenvalue weighted by Gasteiger charge is -2.33. The number of aliphatic hydroxyl groups excluding tert-OH is 1. The lowest BCUT2D eigenvalue weighted by Crippen LogP contribution is -2.41. The molecule has 0 bridgehead atoms. The molecule has 25 heavy (non-hydrogen) atoms. The highest BCUT2D eigenvalue weighted by Crippen LogP contribution is 2.22. The second-order valence-corrected chi connectivity index (χ2v) is 7.57. The van der Waals surface area contributed by atoms with Gasteiger partial charge in [-0.1, -0.05) is 30.3 Å². The number of ether oxygens (including phenoxy) is 2. The molecule has 3 rings (SSSR count). The van der Waals surface area contributed by atoms with E-state index >= 15 is 0 Å². The van der Waals surface area contributed by atoms with Crippen molar-refractivity contribution in [2.45, 2.75) is 50.7 Å². The second kappa shape index (κ2) is 10.3. The highest BCUT2D eigenvalue weighted by Gasteiger charge is 2.22. The maximum Gasteiger partial charge on any atom is 0.0900 e. The maximum absolute atomic E-state index is 10.3. The zero-order chi connectivity index (χ0) is 17.3. The van der Waals surface area contributed by atoms with Crippen molar-refractivity contribution in [3.05, 3.63) is 35.9 Å². The van der Waals surface area contributed by atoms with Crippen LogP contribution in [0.5, 0.6) is 0 Å². The first kappa shape index (κ1) is 18.8. The Hall–Kier alpha value is -0.940. The predicted molar refractivity (Wildman–Crippen MR) is 99.7 cm³/mol. The van der Waals surface area contributed by atoms with Crippen LogP contribution in [-0.2, 0) is 15.9 Å². The molecule has 2 heterocycles. The lowest BCUT2D eigenvalue weighted by atomic mass is 9.90. The number of hydrogen-bond acceptors (Lipinski definition) is 4. The average Bonchev–Trinajstić information content (AvgIpc) is 2.67. The number of rotatable bonds is 8. The molecule has 2 saturated heterocycles. The first-order valence-electron chi connectivity index (χ1n) is 9.93. The van der Waals surface area contributed by atoms with E-state index in [0.717, 1.165) is 51.6 Å². The van der Waals surface area contributed by atoms with Gasteiger partial charge in [-0.15, -0.1) is 0 Å². The van der Waals surface area contributed by atoms with Crippen molar-refractivity contribution in [3.63, 3.8) is 0 Å². The third-order valence-corrected chi connectivity index (χ3v) is 5.55. The summed E-state index contributed by atoms with van der Waals surface area (Å²) in [6.45, 7) is 4.99. The fraction of sp³-hybridized carbons (Fsp3) is 0.714. The highest BCUT2D eigenvalue weighted by atomic mass is 16.5. The molecule has 1 N–H and O–H groups in total. The van der Waals surface area contributed by atoms with Crippen molar-refractivity contribution in [3.8, 4) is 0 Å². The van der Waals surface area contributed by atoms with E-state index in [1.807, 2.05) is 0 Å². The van der Waals surface area contributed by atoms with Gasteiger partial charge in [0.2, 0.25) is 0 Å². The molecule has 1 unspecified atom stereocenters. The van der Waals surface area contributed by atoms with Crippen LogP contribution in [0.25, 0.3) is 0 Å². The van der Waals surface area contributed by atoms with Gasteiger partial charge in [-0.25, -0.2) is 0 Å². The van der Waals surface area contributed by atoms with E-state index in [1.54, 1.807) is 0 Å². The molecule has 2 aliphatic rings. The van der Waals surface area contributed by atoms with Crippen molar-refractivity contribution in [2.24, 2.45) is 5.92 Å². The van der Waals surface area contributed by atoms with E-state index in [9.17, 15) is 5.11 Å². The Labute approximate surface area is 152 Å². The molecule has 0 spiro atoms. The van der Waals surface area contributed by atoms with Crippen LogP contribution in [0.2, 0.25) is 0 Å². The van der Waals surface area contributed by atoms with Crippen LogP contribution in [0, 0.1) is 5.92 Å². The molecule has 0 saturated carbocycles. The van der Waals surface area contributed by atoms with Crippen molar-refractivity contribution in [2.75, 3.05) is 39.5 Å². The summed E-state index contributed by atoms with van der Waals surface area (Å²) in [6, 6.07) is 10.8. The number of aryl methyl sites for hydroxylation is 1. The monoisotopic (exact) mass is 347 g/mol. The molecule has 2 aliphatic heterocycles. The Morgan fingerprint density at radius 2 is 1.80 bits per heavy atom. The zero-order valence-corrected chi connectivity index (χ0v) is 15.3. The first-order valence-corrected chi connectivity index (χ1v) is 9.93. The van der Waals surface area contributed by atoms with E-state index in [1.165, 1.54) is 31.2 Å². The van der Waals surface area contributed by atoms with Crippen LogP contribution < -0.4 is 0 Å². The summed E-state index contributed by atoms with van der Waals surface area (Å²) < 4.78 is 11.2. The summed E-state index contributed by atoms with van der Waals surface area (Å²) in [7, 11) is 0. The third kappa shape index (κ3) is 6.70. The van der Waals surface area contributed by atoms with Crippen LogP contribution in [0.1, 0.15) is 37.7 Å². The molecular formula is C21H33NO3. The van der Waals surface area contributed by atoms with E-state index < -0.39 is 0 Å². The Kier molecular flexibility index (Phi) is 7.74. The molecule has 2 fully saturated rings. The molecule has 1 aromatic carbocycles. The number of aliphatic hydroxyl groups is 1. The minimum atomic E-state index is -0.372. The molecular weight excluding hydrogens is 314 g/mol. The first-order chi connectivity index (χ1) is 12.3. The van der Waals surface area contributed by atoms with Crippen LogP contribution in [0.3, 0.4) is 0 Å². The van der Waals surface area contributed by atoms with Gasteiger partial charge in [-0.3, -0.25) is 0 Å². The van der Waals surface area contributed by atoms with Gasteiger partial charge in [-0.05, 0) is 63.1 Å². The summed E-state index contributed by atoms with van der Waals surface area (Å²) in [5.41, 5.74) is 1.45. The fourth-order valence-corrected chi connectivity index (χ4v) is 3.91. The van der Waals surface area contributed by atoms with E-state index in [-0.39, 0.29) is 12.2 Å². The maximum atomic E-state index is 10.3. The Morgan fingerprint density at radius 1 is 1.08 bits per heavy atom. The molecule has 0 aliphatic carbocycles. The van der Waals surface area contributed by atoms with Gasteiger partial charge in [0.15, 0.2) is 0 Å². The number of likely N-dealkylation sites (tertiary alicyclic amines) is 1. The quantitative estimate of drug-likeness (QED) is 0.785. The second-order valence-electron chi connectivity index (χ2n) is 7.57. The fourth-order valence-electron chi connectivity index (χ4n) is 3.91. The van der Waals surface area contributed by atoms with Gasteiger partial charge >= 0.3 is 0 Å².